The van der Waals surface area contributed by atoms with Crippen LogP contribution in [0.25, 0.3) is 0 Å². The van der Waals surface area contributed by atoms with Crippen LogP contribution in [0.15, 0.2) is 18.2 Å². The standard InChI is InChI=1S/C11H17N3/c1-7(2)5-11(12)10-6-8(3)13-14-9(10)4/h6,11H,1,5,12H2,2-4H3. The van der Waals surface area contributed by atoms with Gasteiger partial charge in [-0.3, -0.25) is 0 Å². The van der Waals surface area contributed by atoms with Gasteiger partial charge in [-0.15, -0.1) is 6.58 Å². The van der Waals surface area contributed by atoms with Crippen LogP contribution >= 0.6 is 0 Å². The van der Waals surface area contributed by atoms with E-state index in [4.69, 9.17) is 5.73 Å². The first-order chi connectivity index (χ1) is 6.50. The summed E-state index contributed by atoms with van der Waals surface area (Å²) in [6.45, 7) is 9.69. The molecule has 3 nitrogen and oxygen atoms in total. The van der Waals surface area contributed by atoms with Crippen LogP contribution in [0.4, 0.5) is 0 Å². The average Bonchev–Trinajstić information content (AvgIpc) is 2.08. The fraction of sp³-hybridized carbons (Fsp3) is 0.455. The lowest BCUT2D eigenvalue weighted by atomic mass is 10.0. The molecule has 76 valence electrons. The summed E-state index contributed by atoms with van der Waals surface area (Å²) in [5, 5.41) is 8.02. The zero-order chi connectivity index (χ0) is 10.7. The van der Waals surface area contributed by atoms with E-state index in [0.717, 1.165) is 28.9 Å². The van der Waals surface area contributed by atoms with Crippen molar-refractivity contribution >= 4 is 0 Å². The fourth-order valence-electron chi connectivity index (χ4n) is 1.43. The Hall–Kier alpha value is -1.22. The highest BCUT2D eigenvalue weighted by Gasteiger charge is 2.10. The minimum atomic E-state index is -0.0123. The van der Waals surface area contributed by atoms with E-state index in [1.807, 2.05) is 26.8 Å². The number of nitrogens with zero attached hydrogens (tertiary/aromatic N) is 2. The molecule has 0 fully saturated rings. The molecule has 0 saturated carbocycles. The minimum Gasteiger partial charge on any atom is -0.324 e. The summed E-state index contributed by atoms with van der Waals surface area (Å²) in [4.78, 5) is 0. The largest absolute Gasteiger partial charge is 0.324 e. The van der Waals surface area contributed by atoms with Crippen molar-refractivity contribution in [1.29, 1.82) is 0 Å². The molecular weight excluding hydrogens is 174 g/mol. The quantitative estimate of drug-likeness (QED) is 0.744. The van der Waals surface area contributed by atoms with Crippen LogP contribution in [0.5, 0.6) is 0 Å². The molecule has 0 spiro atoms. The van der Waals surface area contributed by atoms with Gasteiger partial charge in [-0.2, -0.15) is 10.2 Å². The summed E-state index contributed by atoms with van der Waals surface area (Å²) in [5.74, 6) is 0. The van der Waals surface area contributed by atoms with Gasteiger partial charge in [0, 0.05) is 6.04 Å². The molecule has 0 saturated heterocycles. The molecule has 1 unspecified atom stereocenters. The maximum absolute atomic E-state index is 6.04. The average molecular weight is 191 g/mol. The Bertz CT molecular complexity index is 344. The van der Waals surface area contributed by atoms with Crippen molar-refractivity contribution in [1.82, 2.24) is 10.2 Å². The van der Waals surface area contributed by atoms with E-state index in [9.17, 15) is 0 Å². The topological polar surface area (TPSA) is 51.8 Å². The highest BCUT2D eigenvalue weighted by molar-refractivity contribution is 5.24. The van der Waals surface area contributed by atoms with Crippen LogP contribution in [0.3, 0.4) is 0 Å². The molecule has 1 rings (SSSR count). The molecule has 14 heavy (non-hydrogen) atoms. The van der Waals surface area contributed by atoms with Crippen LogP contribution in [0, 0.1) is 13.8 Å². The van der Waals surface area contributed by atoms with Crippen molar-refractivity contribution in [2.75, 3.05) is 0 Å². The zero-order valence-corrected chi connectivity index (χ0v) is 9.04. The lowest BCUT2D eigenvalue weighted by Crippen LogP contribution is -2.13. The Morgan fingerprint density at radius 3 is 2.71 bits per heavy atom. The van der Waals surface area contributed by atoms with Gasteiger partial charge in [0.05, 0.1) is 11.4 Å². The second-order valence-electron chi connectivity index (χ2n) is 3.79. The normalized spacial score (nSPS) is 12.6. The molecule has 0 aliphatic carbocycles. The molecule has 0 bridgehead atoms. The molecule has 2 N–H and O–H groups in total. The van der Waals surface area contributed by atoms with Crippen molar-refractivity contribution in [3.63, 3.8) is 0 Å². The van der Waals surface area contributed by atoms with Gasteiger partial charge < -0.3 is 5.73 Å². The SMILES string of the molecule is C=C(C)CC(N)c1cc(C)nnc1C. The first kappa shape index (κ1) is 10.9. The van der Waals surface area contributed by atoms with Crippen LogP contribution in [-0.4, -0.2) is 10.2 Å². The Labute approximate surface area is 85.0 Å². The Balaban J connectivity index is 2.93. The number of rotatable bonds is 3. The first-order valence-electron chi connectivity index (χ1n) is 4.71. The third-order valence-corrected chi connectivity index (χ3v) is 2.11. The third kappa shape index (κ3) is 2.64. The first-order valence-corrected chi connectivity index (χ1v) is 4.71. The van der Waals surface area contributed by atoms with Crippen LogP contribution in [-0.2, 0) is 0 Å². The summed E-state index contributed by atoms with van der Waals surface area (Å²) in [6.07, 6.45) is 0.798. The van der Waals surface area contributed by atoms with Crippen LogP contribution in [0.2, 0.25) is 0 Å². The van der Waals surface area contributed by atoms with E-state index < -0.39 is 0 Å². The van der Waals surface area contributed by atoms with E-state index in [-0.39, 0.29) is 6.04 Å². The molecule has 0 amide bonds. The number of hydrogen-bond acceptors (Lipinski definition) is 3. The summed E-state index contributed by atoms with van der Waals surface area (Å²) in [7, 11) is 0. The van der Waals surface area contributed by atoms with Gasteiger partial charge in [0.1, 0.15) is 0 Å². The van der Waals surface area contributed by atoms with Gasteiger partial charge >= 0.3 is 0 Å². The van der Waals surface area contributed by atoms with E-state index >= 15 is 0 Å². The Morgan fingerprint density at radius 2 is 2.14 bits per heavy atom. The second kappa shape index (κ2) is 4.33. The van der Waals surface area contributed by atoms with Gasteiger partial charge in [-0.1, -0.05) is 5.57 Å². The Kier molecular flexibility index (Phi) is 3.36. The summed E-state index contributed by atoms with van der Waals surface area (Å²) >= 11 is 0. The van der Waals surface area contributed by atoms with Crippen molar-refractivity contribution < 1.29 is 0 Å². The van der Waals surface area contributed by atoms with E-state index in [0.29, 0.717) is 0 Å². The van der Waals surface area contributed by atoms with Crippen molar-refractivity contribution in [3.05, 3.63) is 35.2 Å². The summed E-state index contributed by atoms with van der Waals surface area (Å²) in [5.41, 5.74) is 10.0. The van der Waals surface area contributed by atoms with Gasteiger partial charge in [-0.05, 0) is 38.8 Å². The van der Waals surface area contributed by atoms with Crippen LogP contribution in [0.1, 0.15) is 36.3 Å². The van der Waals surface area contributed by atoms with Gasteiger partial charge in [0.2, 0.25) is 0 Å². The maximum atomic E-state index is 6.04. The fourth-order valence-corrected chi connectivity index (χ4v) is 1.43. The Morgan fingerprint density at radius 1 is 1.50 bits per heavy atom. The van der Waals surface area contributed by atoms with Crippen LogP contribution < -0.4 is 5.73 Å². The van der Waals surface area contributed by atoms with Gasteiger partial charge in [0.25, 0.3) is 0 Å². The highest BCUT2D eigenvalue weighted by atomic mass is 15.1. The van der Waals surface area contributed by atoms with Crippen molar-refractivity contribution in [2.24, 2.45) is 5.73 Å². The zero-order valence-electron chi connectivity index (χ0n) is 9.04. The third-order valence-electron chi connectivity index (χ3n) is 2.11. The minimum absolute atomic E-state index is 0.0123. The monoisotopic (exact) mass is 191 g/mol. The highest BCUT2D eigenvalue weighted by Crippen LogP contribution is 2.19. The van der Waals surface area contributed by atoms with Gasteiger partial charge in [-0.25, -0.2) is 0 Å². The lowest BCUT2D eigenvalue weighted by Gasteiger charge is -2.13. The number of aryl methyl sites for hydroxylation is 2. The summed E-state index contributed by atoms with van der Waals surface area (Å²) in [6, 6.07) is 1.98. The molecule has 0 aliphatic rings. The lowest BCUT2D eigenvalue weighted by molar-refractivity contribution is 0.696. The molecule has 0 aliphatic heterocycles. The van der Waals surface area contributed by atoms with E-state index in [1.54, 1.807) is 0 Å². The molecule has 0 aromatic carbocycles. The predicted molar refractivity (Wildman–Crippen MR) is 57.9 cm³/mol. The van der Waals surface area contributed by atoms with Crippen molar-refractivity contribution in [3.8, 4) is 0 Å². The number of aromatic nitrogens is 2. The molecule has 1 heterocycles. The smallest absolute Gasteiger partial charge is 0.0648 e. The second-order valence-corrected chi connectivity index (χ2v) is 3.79. The number of hydrogen-bond donors (Lipinski definition) is 1. The molecule has 3 heteroatoms. The predicted octanol–water partition coefficient (Wildman–Crippen LogP) is 2.06. The van der Waals surface area contributed by atoms with E-state index in [1.165, 1.54) is 0 Å². The van der Waals surface area contributed by atoms with Crippen molar-refractivity contribution in [2.45, 2.75) is 33.2 Å². The molecular formula is C11H17N3. The summed E-state index contributed by atoms with van der Waals surface area (Å²) < 4.78 is 0. The van der Waals surface area contributed by atoms with Gasteiger partial charge in [0.15, 0.2) is 0 Å². The number of nitrogens with two attached hydrogens (primary N) is 1. The molecule has 1 aromatic rings. The van der Waals surface area contributed by atoms with E-state index in [2.05, 4.69) is 16.8 Å². The molecule has 1 aromatic heterocycles. The molecule has 0 radical (unpaired) electrons. The molecule has 1 atom stereocenters. The maximum Gasteiger partial charge on any atom is 0.0648 e.